The molecule has 1 aromatic carbocycles. The number of hydrogen-bond acceptors (Lipinski definition) is 6. The minimum absolute atomic E-state index is 0.0506. The van der Waals surface area contributed by atoms with Crippen molar-refractivity contribution in [2.45, 2.75) is 13.1 Å². The molecule has 3 aromatic rings. The van der Waals surface area contributed by atoms with E-state index >= 15 is 0 Å². The summed E-state index contributed by atoms with van der Waals surface area (Å²) in [4.78, 5) is 21.2. The third-order valence-corrected chi connectivity index (χ3v) is 4.66. The second kappa shape index (κ2) is 6.60. The number of rotatable bonds is 4. The molecule has 0 saturated carbocycles. The van der Waals surface area contributed by atoms with Crippen LogP contribution >= 0.6 is 0 Å². The highest BCUT2D eigenvalue weighted by Gasteiger charge is 2.22. The summed E-state index contributed by atoms with van der Waals surface area (Å²) in [7, 11) is 2.05. The number of aryl methyl sites for hydroxylation is 1. The maximum Gasteiger partial charge on any atom is 0.244 e. The van der Waals surface area contributed by atoms with Crippen LogP contribution < -0.4 is 0 Å². The number of para-hydroxylation sites is 2. The molecule has 1 saturated heterocycles. The Morgan fingerprint density at radius 1 is 1.16 bits per heavy atom. The summed E-state index contributed by atoms with van der Waals surface area (Å²) < 4.78 is 3.60. The molecule has 1 fully saturated rings. The maximum absolute atomic E-state index is 12.3. The molecule has 0 spiro atoms. The zero-order valence-electron chi connectivity index (χ0n) is 14.1. The topological polar surface area (TPSA) is 85.0 Å². The quantitative estimate of drug-likeness (QED) is 0.660. The Kier molecular flexibility index (Phi) is 4.14. The molecular formula is C16H20N8O. The highest BCUT2D eigenvalue weighted by atomic mass is 16.2. The SMILES string of the molecule is Cn1c(CN2CCN(C(=O)Cn3cnnn3)CC2)nc2ccccc21. The van der Waals surface area contributed by atoms with Crippen LogP contribution in [0.3, 0.4) is 0 Å². The third-order valence-electron chi connectivity index (χ3n) is 4.66. The first-order chi connectivity index (χ1) is 12.2. The Balaban J connectivity index is 1.35. The van der Waals surface area contributed by atoms with Gasteiger partial charge in [-0.15, -0.1) is 5.10 Å². The first-order valence-electron chi connectivity index (χ1n) is 8.32. The van der Waals surface area contributed by atoms with E-state index in [4.69, 9.17) is 4.98 Å². The van der Waals surface area contributed by atoms with E-state index in [1.54, 1.807) is 0 Å². The first kappa shape index (κ1) is 15.7. The highest BCUT2D eigenvalue weighted by Crippen LogP contribution is 2.16. The monoisotopic (exact) mass is 340 g/mol. The third kappa shape index (κ3) is 3.22. The normalized spacial score (nSPS) is 15.8. The number of nitrogens with zero attached hydrogens (tertiary/aromatic N) is 8. The molecule has 0 unspecified atom stereocenters. The van der Waals surface area contributed by atoms with E-state index in [0.29, 0.717) is 13.1 Å². The summed E-state index contributed by atoms with van der Waals surface area (Å²) in [6.45, 7) is 4.09. The molecule has 1 aliphatic heterocycles. The molecule has 25 heavy (non-hydrogen) atoms. The molecule has 1 aliphatic rings. The van der Waals surface area contributed by atoms with Gasteiger partial charge in [-0.2, -0.15) is 0 Å². The van der Waals surface area contributed by atoms with Crippen molar-refractivity contribution < 1.29 is 4.79 Å². The summed E-state index contributed by atoms with van der Waals surface area (Å²) in [5.41, 5.74) is 2.17. The average molecular weight is 340 g/mol. The average Bonchev–Trinajstić information content (AvgIpc) is 3.24. The Bertz CT molecular complexity index is 864. The molecule has 9 heteroatoms. The van der Waals surface area contributed by atoms with Crippen molar-refractivity contribution in [1.82, 2.24) is 39.6 Å². The minimum Gasteiger partial charge on any atom is -0.339 e. The van der Waals surface area contributed by atoms with Crippen LogP contribution in [0.15, 0.2) is 30.6 Å². The van der Waals surface area contributed by atoms with Gasteiger partial charge in [0.15, 0.2) is 0 Å². The number of hydrogen-bond donors (Lipinski definition) is 0. The minimum atomic E-state index is 0.0506. The molecule has 3 heterocycles. The molecule has 0 aliphatic carbocycles. The number of fused-ring (bicyclic) bond motifs is 1. The van der Waals surface area contributed by atoms with Crippen LogP contribution in [0.4, 0.5) is 0 Å². The lowest BCUT2D eigenvalue weighted by atomic mass is 10.3. The molecule has 130 valence electrons. The summed E-state index contributed by atoms with van der Waals surface area (Å²) in [6.07, 6.45) is 1.46. The fourth-order valence-corrected chi connectivity index (χ4v) is 3.18. The van der Waals surface area contributed by atoms with E-state index in [2.05, 4.69) is 38.1 Å². The Morgan fingerprint density at radius 2 is 1.96 bits per heavy atom. The van der Waals surface area contributed by atoms with Crippen molar-refractivity contribution in [2.75, 3.05) is 26.2 Å². The van der Waals surface area contributed by atoms with Crippen LogP contribution in [0, 0.1) is 0 Å². The van der Waals surface area contributed by atoms with Crippen molar-refractivity contribution in [3.05, 3.63) is 36.4 Å². The molecule has 2 aromatic heterocycles. The lowest BCUT2D eigenvalue weighted by Crippen LogP contribution is -2.49. The maximum atomic E-state index is 12.3. The number of amides is 1. The predicted molar refractivity (Wildman–Crippen MR) is 90.4 cm³/mol. The van der Waals surface area contributed by atoms with Gasteiger partial charge in [-0.25, -0.2) is 9.67 Å². The second-order valence-electron chi connectivity index (χ2n) is 6.24. The number of carbonyl (C=O) groups excluding carboxylic acids is 1. The van der Waals surface area contributed by atoms with E-state index in [9.17, 15) is 4.79 Å². The van der Waals surface area contributed by atoms with Crippen molar-refractivity contribution in [3.8, 4) is 0 Å². The molecular weight excluding hydrogens is 320 g/mol. The lowest BCUT2D eigenvalue weighted by Gasteiger charge is -2.34. The van der Waals surface area contributed by atoms with Gasteiger partial charge in [-0.05, 0) is 22.6 Å². The zero-order chi connectivity index (χ0) is 17.2. The van der Waals surface area contributed by atoms with Gasteiger partial charge in [0.2, 0.25) is 5.91 Å². The van der Waals surface area contributed by atoms with Crippen molar-refractivity contribution >= 4 is 16.9 Å². The number of imidazole rings is 1. The van der Waals surface area contributed by atoms with Crippen LogP contribution in [0.25, 0.3) is 11.0 Å². The standard InChI is InChI=1S/C16H20N8O/c1-21-14-5-3-2-4-13(14)18-15(21)10-22-6-8-23(9-7-22)16(25)11-24-12-17-19-20-24/h2-5,12H,6-11H2,1H3. The molecule has 0 bridgehead atoms. The lowest BCUT2D eigenvalue weighted by molar-refractivity contribution is -0.133. The van der Waals surface area contributed by atoms with Gasteiger partial charge in [0.25, 0.3) is 0 Å². The van der Waals surface area contributed by atoms with Gasteiger partial charge < -0.3 is 9.47 Å². The van der Waals surface area contributed by atoms with Crippen LogP contribution in [-0.4, -0.2) is 71.6 Å². The Labute approximate surface area is 144 Å². The smallest absolute Gasteiger partial charge is 0.244 e. The molecule has 9 nitrogen and oxygen atoms in total. The Hall–Kier alpha value is -2.81. The van der Waals surface area contributed by atoms with Gasteiger partial charge in [0, 0.05) is 33.2 Å². The van der Waals surface area contributed by atoms with Gasteiger partial charge >= 0.3 is 0 Å². The second-order valence-corrected chi connectivity index (χ2v) is 6.24. The molecule has 0 N–H and O–H groups in total. The van der Waals surface area contributed by atoms with Gasteiger partial charge in [0.1, 0.15) is 18.7 Å². The summed E-state index contributed by atoms with van der Waals surface area (Å²) in [5, 5.41) is 10.8. The number of piperazine rings is 1. The number of benzene rings is 1. The van der Waals surface area contributed by atoms with E-state index in [1.807, 2.05) is 23.1 Å². The zero-order valence-corrected chi connectivity index (χ0v) is 14.1. The fourth-order valence-electron chi connectivity index (χ4n) is 3.18. The Morgan fingerprint density at radius 3 is 2.68 bits per heavy atom. The number of carbonyl (C=O) groups is 1. The molecule has 0 radical (unpaired) electrons. The van der Waals surface area contributed by atoms with Crippen LogP contribution in [-0.2, 0) is 24.9 Å². The van der Waals surface area contributed by atoms with E-state index in [0.717, 1.165) is 36.5 Å². The summed E-state index contributed by atoms with van der Waals surface area (Å²) >= 11 is 0. The first-order valence-corrected chi connectivity index (χ1v) is 8.32. The van der Waals surface area contributed by atoms with Gasteiger partial charge in [0.05, 0.1) is 17.6 Å². The van der Waals surface area contributed by atoms with E-state index < -0.39 is 0 Å². The van der Waals surface area contributed by atoms with Crippen LogP contribution in [0.2, 0.25) is 0 Å². The number of aromatic nitrogens is 6. The van der Waals surface area contributed by atoms with Crippen LogP contribution in [0.5, 0.6) is 0 Å². The largest absolute Gasteiger partial charge is 0.339 e. The van der Waals surface area contributed by atoms with Gasteiger partial charge in [-0.1, -0.05) is 12.1 Å². The van der Waals surface area contributed by atoms with E-state index in [-0.39, 0.29) is 12.5 Å². The van der Waals surface area contributed by atoms with Crippen molar-refractivity contribution in [1.29, 1.82) is 0 Å². The predicted octanol–water partition coefficient (Wildman–Crippen LogP) is -0.0958. The fraction of sp³-hybridized carbons (Fsp3) is 0.438. The van der Waals surface area contributed by atoms with Crippen LogP contribution in [0.1, 0.15) is 5.82 Å². The summed E-state index contributed by atoms with van der Waals surface area (Å²) in [5.74, 6) is 1.10. The van der Waals surface area contributed by atoms with Crippen molar-refractivity contribution in [3.63, 3.8) is 0 Å². The molecule has 4 rings (SSSR count). The van der Waals surface area contributed by atoms with Gasteiger partial charge in [-0.3, -0.25) is 9.69 Å². The highest BCUT2D eigenvalue weighted by molar-refractivity contribution is 5.76. The molecule has 0 atom stereocenters. The van der Waals surface area contributed by atoms with E-state index in [1.165, 1.54) is 11.0 Å². The van der Waals surface area contributed by atoms with Crippen molar-refractivity contribution in [2.24, 2.45) is 7.05 Å². The number of tetrazole rings is 1. The summed E-state index contributed by atoms with van der Waals surface area (Å²) in [6, 6.07) is 8.16. The molecule has 1 amide bonds.